The van der Waals surface area contributed by atoms with E-state index in [-0.39, 0.29) is 12.2 Å². The van der Waals surface area contributed by atoms with Gasteiger partial charge in [0.2, 0.25) is 0 Å². The summed E-state index contributed by atoms with van der Waals surface area (Å²) in [5, 5.41) is 2.27. The molecule has 2 N–H and O–H groups in total. The summed E-state index contributed by atoms with van der Waals surface area (Å²) >= 11 is 0. The van der Waals surface area contributed by atoms with Gasteiger partial charge in [-0.15, -0.1) is 0 Å². The lowest BCUT2D eigenvalue weighted by atomic mass is 10.3. The number of esters is 1. The molecule has 0 saturated heterocycles. The van der Waals surface area contributed by atoms with Gasteiger partial charge in [-0.3, -0.25) is 14.7 Å². The molecule has 0 aliphatic heterocycles. The van der Waals surface area contributed by atoms with Crippen LogP contribution >= 0.6 is 0 Å². The number of aromatic nitrogens is 3. The molecule has 16 heavy (non-hydrogen) atoms. The number of carbonyl (C=O) groups is 1. The van der Waals surface area contributed by atoms with Crippen LogP contribution in [0.4, 0.5) is 0 Å². The van der Waals surface area contributed by atoms with Gasteiger partial charge < -0.3 is 9.72 Å². The Bertz CT molecular complexity index is 649. The number of carbonyl (C=O) groups excluding carboxylic acids is 1. The fourth-order valence-electron chi connectivity index (χ4n) is 1.34. The first-order valence-electron chi connectivity index (χ1n) is 4.64. The third kappa shape index (κ3) is 1.52. The summed E-state index contributed by atoms with van der Waals surface area (Å²) in [5.41, 5.74) is -0.895. The van der Waals surface area contributed by atoms with Crippen LogP contribution in [0.5, 0.6) is 0 Å². The molecule has 84 valence electrons. The molecule has 2 aromatic heterocycles. The van der Waals surface area contributed by atoms with Gasteiger partial charge in [-0.05, 0) is 6.92 Å². The van der Waals surface area contributed by atoms with E-state index in [2.05, 4.69) is 10.1 Å². The van der Waals surface area contributed by atoms with Crippen molar-refractivity contribution in [3.63, 3.8) is 0 Å². The predicted octanol–water partition coefficient (Wildman–Crippen LogP) is -0.507. The number of rotatable bonds is 2. The number of hydrogen-bond acceptors (Lipinski definition) is 4. The fourth-order valence-corrected chi connectivity index (χ4v) is 1.34. The van der Waals surface area contributed by atoms with Crippen molar-refractivity contribution in [3.05, 3.63) is 38.5 Å². The maximum atomic E-state index is 11.7. The number of H-pyrrole nitrogens is 2. The maximum Gasteiger partial charge on any atom is 0.345 e. The first-order valence-corrected chi connectivity index (χ1v) is 4.64. The van der Waals surface area contributed by atoms with Gasteiger partial charge in [0, 0.05) is 12.3 Å². The quantitative estimate of drug-likeness (QED) is 0.670. The Morgan fingerprint density at radius 2 is 2.25 bits per heavy atom. The minimum absolute atomic E-state index is 0.152. The zero-order valence-electron chi connectivity index (χ0n) is 8.44. The molecule has 7 heteroatoms. The van der Waals surface area contributed by atoms with Gasteiger partial charge in [0.05, 0.1) is 6.61 Å². The van der Waals surface area contributed by atoms with Crippen molar-refractivity contribution >= 4 is 11.6 Å². The van der Waals surface area contributed by atoms with Gasteiger partial charge in [0.15, 0.2) is 0 Å². The summed E-state index contributed by atoms with van der Waals surface area (Å²) in [6.45, 7) is 1.82. The number of fused-ring (bicyclic) bond motifs is 1. The molecule has 0 radical (unpaired) electrons. The van der Waals surface area contributed by atoms with E-state index in [1.165, 1.54) is 12.3 Å². The Balaban J connectivity index is 2.65. The van der Waals surface area contributed by atoms with Crippen LogP contribution in [0, 0.1) is 0 Å². The molecule has 0 atom stereocenters. The van der Waals surface area contributed by atoms with Gasteiger partial charge in [-0.25, -0.2) is 4.79 Å². The molecular weight excluding hydrogens is 214 g/mol. The van der Waals surface area contributed by atoms with Crippen LogP contribution < -0.4 is 11.1 Å². The second-order valence-electron chi connectivity index (χ2n) is 3.07. The fraction of sp³-hybridized carbons (Fsp3) is 0.222. The molecular formula is C9H9N3O4. The van der Waals surface area contributed by atoms with Crippen LogP contribution in [-0.4, -0.2) is 27.2 Å². The SMILES string of the molecule is CCOC(=O)c1c[nH]c2cc(=O)[nH]n2c1=O. The first-order chi connectivity index (χ1) is 7.63. The van der Waals surface area contributed by atoms with Gasteiger partial charge >= 0.3 is 5.97 Å². The van der Waals surface area contributed by atoms with Crippen LogP contribution in [0.25, 0.3) is 5.65 Å². The molecule has 0 bridgehead atoms. The van der Waals surface area contributed by atoms with Crippen molar-refractivity contribution in [1.29, 1.82) is 0 Å². The van der Waals surface area contributed by atoms with E-state index in [9.17, 15) is 14.4 Å². The van der Waals surface area contributed by atoms with Crippen LogP contribution in [0.1, 0.15) is 17.3 Å². The third-order valence-electron chi connectivity index (χ3n) is 2.02. The number of nitrogens with zero attached hydrogens (tertiary/aromatic N) is 1. The monoisotopic (exact) mass is 223 g/mol. The van der Waals surface area contributed by atoms with E-state index in [0.717, 1.165) is 4.52 Å². The largest absolute Gasteiger partial charge is 0.462 e. The van der Waals surface area contributed by atoms with Gasteiger partial charge in [0.1, 0.15) is 11.2 Å². The highest BCUT2D eigenvalue weighted by Gasteiger charge is 2.14. The van der Waals surface area contributed by atoms with Gasteiger partial charge in [-0.2, -0.15) is 4.52 Å². The molecule has 0 saturated carbocycles. The number of aromatic amines is 2. The highest BCUT2D eigenvalue weighted by atomic mass is 16.5. The lowest BCUT2D eigenvalue weighted by molar-refractivity contribution is 0.0523. The lowest BCUT2D eigenvalue weighted by Crippen LogP contribution is -2.25. The van der Waals surface area contributed by atoms with Crippen LogP contribution in [0.2, 0.25) is 0 Å². The van der Waals surface area contributed by atoms with E-state index < -0.39 is 17.1 Å². The summed E-state index contributed by atoms with van der Waals surface area (Å²) in [5.74, 6) is -0.722. The Labute approximate surface area is 88.7 Å². The summed E-state index contributed by atoms with van der Waals surface area (Å²) in [7, 11) is 0. The average molecular weight is 223 g/mol. The number of ether oxygens (including phenoxy) is 1. The molecule has 0 aliphatic rings. The molecule has 7 nitrogen and oxygen atoms in total. The normalized spacial score (nSPS) is 10.6. The van der Waals surface area contributed by atoms with Crippen molar-refractivity contribution in [3.8, 4) is 0 Å². The lowest BCUT2D eigenvalue weighted by Gasteiger charge is -2.01. The summed E-state index contributed by atoms with van der Waals surface area (Å²) < 4.78 is 5.67. The third-order valence-corrected chi connectivity index (χ3v) is 2.02. The summed E-state index contributed by atoms with van der Waals surface area (Å²) in [4.78, 5) is 36.7. The minimum Gasteiger partial charge on any atom is -0.462 e. The first kappa shape index (κ1) is 10.2. The molecule has 0 spiro atoms. The van der Waals surface area contributed by atoms with Crippen LogP contribution in [0.3, 0.4) is 0 Å². The van der Waals surface area contributed by atoms with Crippen molar-refractivity contribution in [1.82, 2.24) is 14.6 Å². The second kappa shape index (κ2) is 3.69. The average Bonchev–Trinajstić information content (AvgIpc) is 2.60. The minimum atomic E-state index is -0.722. The Morgan fingerprint density at radius 3 is 2.94 bits per heavy atom. The topological polar surface area (TPSA) is 96.4 Å². The zero-order chi connectivity index (χ0) is 11.7. The van der Waals surface area contributed by atoms with Gasteiger partial charge in [-0.1, -0.05) is 0 Å². The highest BCUT2D eigenvalue weighted by Crippen LogP contribution is 1.95. The predicted molar refractivity (Wildman–Crippen MR) is 54.6 cm³/mol. The standard InChI is InChI=1S/C9H9N3O4/c1-2-16-9(15)5-4-10-6-3-7(13)11-12(6)8(5)14/h3-4,10H,2H2,1H3,(H,11,13). The molecule has 0 amide bonds. The Hall–Kier alpha value is -2.31. The highest BCUT2D eigenvalue weighted by molar-refractivity contribution is 5.88. The molecule has 2 heterocycles. The molecule has 0 unspecified atom stereocenters. The van der Waals surface area contributed by atoms with Crippen molar-refractivity contribution in [2.75, 3.05) is 6.61 Å². The van der Waals surface area contributed by atoms with Crippen LogP contribution in [0.15, 0.2) is 21.9 Å². The molecule has 0 fully saturated rings. The van der Waals surface area contributed by atoms with Crippen molar-refractivity contribution < 1.29 is 9.53 Å². The molecule has 2 rings (SSSR count). The molecule has 0 aliphatic carbocycles. The summed E-state index contributed by atoms with van der Waals surface area (Å²) in [6.07, 6.45) is 1.23. The molecule has 0 aromatic carbocycles. The zero-order valence-corrected chi connectivity index (χ0v) is 8.44. The van der Waals surface area contributed by atoms with Crippen molar-refractivity contribution in [2.45, 2.75) is 6.92 Å². The number of nitrogens with one attached hydrogen (secondary N) is 2. The Kier molecular flexibility index (Phi) is 2.35. The van der Waals surface area contributed by atoms with Crippen molar-refractivity contribution in [2.24, 2.45) is 0 Å². The van der Waals surface area contributed by atoms with E-state index in [1.807, 2.05) is 0 Å². The van der Waals surface area contributed by atoms with E-state index >= 15 is 0 Å². The van der Waals surface area contributed by atoms with E-state index in [4.69, 9.17) is 4.74 Å². The van der Waals surface area contributed by atoms with E-state index in [1.54, 1.807) is 6.92 Å². The number of hydrogen-bond donors (Lipinski definition) is 2. The van der Waals surface area contributed by atoms with Crippen LogP contribution in [-0.2, 0) is 4.74 Å². The Morgan fingerprint density at radius 1 is 1.50 bits per heavy atom. The summed E-state index contributed by atoms with van der Waals surface area (Å²) in [6, 6.07) is 1.22. The van der Waals surface area contributed by atoms with Gasteiger partial charge in [0.25, 0.3) is 11.1 Å². The molecule has 2 aromatic rings. The van der Waals surface area contributed by atoms with E-state index in [0.29, 0.717) is 5.65 Å². The smallest absolute Gasteiger partial charge is 0.345 e. The second-order valence-corrected chi connectivity index (χ2v) is 3.07. The maximum absolute atomic E-state index is 11.7.